The van der Waals surface area contributed by atoms with Crippen LogP contribution in [0.2, 0.25) is 0 Å². The van der Waals surface area contributed by atoms with Gasteiger partial charge in [0.2, 0.25) is 21.4 Å². The predicted molar refractivity (Wildman–Crippen MR) is 198 cm³/mol. The van der Waals surface area contributed by atoms with Crippen LogP contribution in [0.4, 0.5) is 5.69 Å². The molecule has 5 aromatic rings. The number of amides is 2. The molecular formula is C39H45N7O4Si. The Bertz CT molecular complexity index is 1960. The fourth-order valence-corrected chi connectivity index (χ4v) is 7.15. The Hall–Kier alpha value is -5.07. The summed E-state index contributed by atoms with van der Waals surface area (Å²) in [4.78, 5) is 39.8. The Morgan fingerprint density at radius 3 is 2.37 bits per heavy atom. The molecule has 264 valence electrons. The molecule has 0 bridgehead atoms. The van der Waals surface area contributed by atoms with Crippen molar-refractivity contribution in [3.05, 3.63) is 107 Å². The number of fused-ring (bicyclic) bond motifs is 1. The maximum atomic E-state index is 14.6. The molecule has 51 heavy (non-hydrogen) atoms. The number of carbonyl (C=O) groups excluding carboxylic acids is 2. The lowest BCUT2D eigenvalue weighted by Gasteiger charge is -2.36. The number of aliphatic hydroxyl groups is 1. The standard InChI is InChI=1S/C39H45N7O4Si/c1-5-7-19-44(20-8-6-2)39(49)35-21-26(3)46(41-35)36-18-15-31(43-51-33-16-13-28(14-17-33)37-40-27(4)50-42-37)23-34(36)38(48)45-24-30-12-10-9-11-29(30)22-32(45)25-47/h9-18,21,23,32,43,47H,5-8,19-20,22,24-25H2,1-4H3/t32-/m0/s1. The van der Waals surface area contributed by atoms with Crippen molar-refractivity contribution in [2.24, 2.45) is 0 Å². The zero-order valence-corrected chi connectivity index (χ0v) is 30.7. The number of aromatic nitrogens is 4. The van der Waals surface area contributed by atoms with E-state index in [0.29, 0.717) is 54.7 Å². The molecule has 1 aliphatic heterocycles. The first-order valence-electron chi connectivity index (χ1n) is 17.7. The van der Waals surface area contributed by atoms with Crippen LogP contribution >= 0.6 is 0 Å². The topological polar surface area (TPSA) is 130 Å². The zero-order valence-electron chi connectivity index (χ0n) is 29.7. The summed E-state index contributed by atoms with van der Waals surface area (Å²) in [5, 5.41) is 20.3. The lowest BCUT2D eigenvalue weighted by Crippen LogP contribution is -2.46. The van der Waals surface area contributed by atoms with E-state index in [9.17, 15) is 14.7 Å². The first-order valence-corrected chi connectivity index (χ1v) is 18.7. The number of rotatable bonds is 14. The molecule has 6 rings (SSSR count). The van der Waals surface area contributed by atoms with E-state index in [1.165, 1.54) is 0 Å². The van der Waals surface area contributed by atoms with Crippen LogP contribution < -0.4 is 10.2 Å². The summed E-state index contributed by atoms with van der Waals surface area (Å²) in [6.07, 6.45) is 4.41. The van der Waals surface area contributed by atoms with Crippen molar-refractivity contribution >= 4 is 32.4 Å². The fraction of sp³-hybridized carbons (Fsp3) is 0.359. The molecule has 0 spiro atoms. The fourth-order valence-electron chi connectivity index (χ4n) is 6.37. The summed E-state index contributed by atoms with van der Waals surface area (Å²) in [7, 11) is 0.214. The molecule has 2 radical (unpaired) electrons. The van der Waals surface area contributed by atoms with E-state index in [1.54, 1.807) is 16.5 Å². The van der Waals surface area contributed by atoms with Gasteiger partial charge in [0.05, 0.1) is 23.9 Å². The van der Waals surface area contributed by atoms with E-state index < -0.39 is 0 Å². The maximum absolute atomic E-state index is 14.6. The maximum Gasteiger partial charge on any atom is 0.274 e. The van der Waals surface area contributed by atoms with Crippen LogP contribution in [0.1, 0.15) is 83.1 Å². The van der Waals surface area contributed by atoms with Crippen LogP contribution in [0.5, 0.6) is 0 Å². The van der Waals surface area contributed by atoms with Crippen LogP contribution in [0.25, 0.3) is 17.1 Å². The molecule has 12 heteroatoms. The van der Waals surface area contributed by atoms with Gasteiger partial charge in [0.15, 0.2) is 5.69 Å². The molecule has 0 saturated heterocycles. The first-order chi connectivity index (χ1) is 24.8. The van der Waals surface area contributed by atoms with Gasteiger partial charge in [0, 0.05) is 43.5 Å². The Balaban J connectivity index is 1.32. The minimum atomic E-state index is -0.373. The van der Waals surface area contributed by atoms with E-state index in [1.807, 2.05) is 78.6 Å². The number of aliphatic hydroxyl groups excluding tert-OH is 1. The van der Waals surface area contributed by atoms with E-state index in [0.717, 1.165) is 58.9 Å². The van der Waals surface area contributed by atoms with Gasteiger partial charge < -0.3 is 24.4 Å². The highest BCUT2D eigenvalue weighted by Crippen LogP contribution is 2.29. The molecular weight excluding hydrogens is 659 g/mol. The Morgan fingerprint density at radius 2 is 1.71 bits per heavy atom. The summed E-state index contributed by atoms with van der Waals surface area (Å²) in [6.45, 7) is 9.51. The summed E-state index contributed by atoms with van der Waals surface area (Å²) in [5.74, 6) is 0.753. The highest BCUT2D eigenvalue weighted by atomic mass is 28.2. The number of hydrogen-bond acceptors (Lipinski definition) is 8. The second-order valence-corrected chi connectivity index (χ2v) is 14.1. The highest BCUT2D eigenvalue weighted by Gasteiger charge is 2.32. The Morgan fingerprint density at radius 1 is 0.980 bits per heavy atom. The third-order valence-corrected chi connectivity index (χ3v) is 10.3. The van der Waals surface area contributed by atoms with Gasteiger partial charge >= 0.3 is 0 Å². The van der Waals surface area contributed by atoms with Crippen molar-refractivity contribution in [2.45, 2.75) is 72.4 Å². The van der Waals surface area contributed by atoms with Gasteiger partial charge in [-0.1, -0.05) is 80.4 Å². The van der Waals surface area contributed by atoms with Gasteiger partial charge in [0.25, 0.3) is 11.8 Å². The number of nitrogens with one attached hydrogen (secondary N) is 1. The summed E-state index contributed by atoms with van der Waals surface area (Å²) < 4.78 is 6.82. The van der Waals surface area contributed by atoms with Gasteiger partial charge in [-0.05, 0) is 66.8 Å². The molecule has 3 heterocycles. The van der Waals surface area contributed by atoms with E-state index in [2.05, 4.69) is 35.0 Å². The van der Waals surface area contributed by atoms with Crippen molar-refractivity contribution in [3.63, 3.8) is 0 Å². The number of aryl methyl sites for hydroxylation is 2. The molecule has 0 unspecified atom stereocenters. The van der Waals surface area contributed by atoms with Crippen molar-refractivity contribution in [2.75, 3.05) is 24.7 Å². The van der Waals surface area contributed by atoms with Crippen LogP contribution in [0, 0.1) is 13.8 Å². The van der Waals surface area contributed by atoms with Gasteiger partial charge in [-0.3, -0.25) is 9.59 Å². The minimum Gasteiger partial charge on any atom is -0.408 e. The highest BCUT2D eigenvalue weighted by molar-refractivity contribution is 6.56. The number of anilines is 1. The lowest BCUT2D eigenvalue weighted by atomic mass is 9.93. The molecule has 3 aromatic carbocycles. The summed E-state index contributed by atoms with van der Waals surface area (Å²) in [5.41, 5.74) is 5.96. The molecule has 1 aliphatic rings. The average Bonchev–Trinajstić information content (AvgIpc) is 3.78. The van der Waals surface area contributed by atoms with Crippen LogP contribution in [0.3, 0.4) is 0 Å². The van der Waals surface area contributed by atoms with Crippen molar-refractivity contribution < 1.29 is 19.2 Å². The van der Waals surface area contributed by atoms with Crippen LogP contribution in [0.15, 0.2) is 77.3 Å². The van der Waals surface area contributed by atoms with Crippen molar-refractivity contribution in [1.29, 1.82) is 0 Å². The Labute approximate surface area is 301 Å². The number of nitrogens with zero attached hydrogens (tertiary/aromatic N) is 6. The number of unbranched alkanes of at least 4 members (excludes halogenated alkanes) is 2. The lowest BCUT2D eigenvalue weighted by molar-refractivity contribution is 0.0544. The van der Waals surface area contributed by atoms with E-state index in [-0.39, 0.29) is 34.1 Å². The van der Waals surface area contributed by atoms with E-state index in [4.69, 9.17) is 9.62 Å². The Kier molecular flexibility index (Phi) is 11.4. The smallest absolute Gasteiger partial charge is 0.274 e. The van der Waals surface area contributed by atoms with Gasteiger partial charge in [-0.15, -0.1) is 0 Å². The third-order valence-electron chi connectivity index (χ3n) is 9.26. The largest absolute Gasteiger partial charge is 0.408 e. The second-order valence-electron chi connectivity index (χ2n) is 13.0. The van der Waals surface area contributed by atoms with Crippen molar-refractivity contribution in [3.8, 4) is 17.1 Å². The predicted octanol–water partition coefficient (Wildman–Crippen LogP) is 5.50. The number of hydrogen-bond donors (Lipinski definition) is 2. The molecule has 2 N–H and O–H groups in total. The summed E-state index contributed by atoms with van der Waals surface area (Å²) in [6, 6.07) is 23.1. The zero-order chi connectivity index (χ0) is 35.9. The van der Waals surface area contributed by atoms with E-state index >= 15 is 0 Å². The average molecular weight is 704 g/mol. The quantitative estimate of drug-likeness (QED) is 0.145. The van der Waals surface area contributed by atoms with Gasteiger partial charge in [0.1, 0.15) is 0 Å². The number of carbonyl (C=O) groups is 2. The molecule has 0 saturated carbocycles. The van der Waals surface area contributed by atoms with Crippen LogP contribution in [-0.2, 0) is 13.0 Å². The molecule has 11 nitrogen and oxygen atoms in total. The first kappa shape index (κ1) is 35.7. The van der Waals surface area contributed by atoms with Gasteiger partial charge in [-0.25, -0.2) is 4.68 Å². The molecule has 0 aliphatic carbocycles. The summed E-state index contributed by atoms with van der Waals surface area (Å²) >= 11 is 0. The second kappa shape index (κ2) is 16.3. The van der Waals surface area contributed by atoms with Gasteiger partial charge in [-0.2, -0.15) is 10.1 Å². The molecule has 2 amide bonds. The normalized spacial score (nSPS) is 14.0. The molecule has 2 aromatic heterocycles. The SMILES string of the molecule is CCCCN(CCCC)C(=O)c1cc(C)n(-c2ccc(N[Si]c3ccc(-c4noc(C)n4)cc3)cc2C(=O)N2Cc3ccccc3C[C@H]2CO)n1. The third kappa shape index (κ3) is 8.13. The minimum absolute atomic E-state index is 0.0976. The molecule has 1 atom stereocenters. The molecule has 0 fully saturated rings. The monoisotopic (exact) mass is 703 g/mol. The van der Waals surface area contributed by atoms with Crippen molar-refractivity contribution in [1.82, 2.24) is 29.7 Å². The van der Waals surface area contributed by atoms with Crippen LogP contribution in [-0.4, -0.2) is 82.1 Å². The number of benzene rings is 3.